The highest BCUT2D eigenvalue weighted by atomic mass is 35.5. The quantitative estimate of drug-likeness (QED) is 0.833. The third-order valence-corrected chi connectivity index (χ3v) is 4.47. The lowest BCUT2D eigenvalue weighted by Gasteiger charge is -2.11. The van der Waals surface area contributed by atoms with Crippen LogP contribution in [0.15, 0.2) is 40.1 Å². The van der Waals surface area contributed by atoms with E-state index in [1.54, 1.807) is 24.3 Å². The molecule has 0 aliphatic carbocycles. The zero-order valence-electron chi connectivity index (χ0n) is 13.5. The van der Waals surface area contributed by atoms with Crippen molar-refractivity contribution in [2.24, 2.45) is 0 Å². The van der Waals surface area contributed by atoms with E-state index in [0.717, 1.165) is 23.6 Å². The van der Waals surface area contributed by atoms with Crippen LogP contribution in [0.2, 0.25) is 5.02 Å². The van der Waals surface area contributed by atoms with Crippen LogP contribution in [-0.4, -0.2) is 34.7 Å². The molecule has 2 heterocycles. The van der Waals surface area contributed by atoms with Crippen LogP contribution >= 0.6 is 11.6 Å². The Balaban J connectivity index is 1.82. The van der Waals surface area contributed by atoms with Crippen LogP contribution < -0.4 is 16.6 Å². The topological polar surface area (TPSA) is 93.2 Å². The Kier molecular flexibility index (Phi) is 5.35. The molecule has 8 heteroatoms. The molecule has 1 amide bonds. The maximum Gasteiger partial charge on any atom is 0.328 e. The summed E-state index contributed by atoms with van der Waals surface area (Å²) in [6.45, 7) is 1.01. The summed E-state index contributed by atoms with van der Waals surface area (Å²) in [6, 6.07) is 6.92. The van der Waals surface area contributed by atoms with Crippen LogP contribution in [0.3, 0.4) is 0 Å². The Bertz CT molecular complexity index is 884. The molecule has 7 nitrogen and oxygen atoms in total. The number of H-pyrrole nitrogens is 1. The van der Waals surface area contributed by atoms with Crippen LogP contribution in [-0.2, 0) is 11.3 Å². The van der Waals surface area contributed by atoms with Crippen molar-refractivity contribution in [3.63, 3.8) is 0 Å². The fraction of sp³-hybridized carbons (Fsp3) is 0.353. The Morgan fingerprint density at radius 1 is 1.36 bits per heavy atom. The van der Waals surface area contributed by atoms with Crippen molar-refractivity contribution in [3.8, 4) is 0 Å². The van der Waals surface area contributed by atoms with Gasteiger partial charge in [-0.15, -0.1) is 0 Å². The number of halogens is 1. The number of ether oxygens (including phenoxy) is 1. The molecular formula is C17H18ClN3O4. The largest absolute Gasteiger partial charge is 0.376 e. The Morgan fingerprint density at radius 2 is 2.16 bits per heavy atom. The van der Waals surface area contributed by atoms with Gasteiger partial charge in [0.25, 0.3) is 11.5 Å². The molecule has 1 aromatic heterocycles. The summed E-state index contributed by atoms with van der Waals surface area (Å²) in [5, 5.41) is 3.12. The summed E-state index contributed by atoms with van der Waals surface area (Å²) in [6.07, 6.45) is 2.95. The number of carbonyl (C=O) groups is 1. The second kappa shape index (κ2) is 7.67. The van der Waals surface area contributed by atoms with Gasteiger partial charge in [0.05, 0.1) is 12.6 Å². The minimum Gasteiger partial charge on any atom is -0.376 e. The lowest BCUT2D eigenvalue weighted by Crippen LogP contribution is -2.42. The van der Waals surface area contributed by atoms with Gasteiger partial charge < -0.3 is 15.0 Å². The molecule has 0 bridgehead atoms. The second-order valence-corrected chi connectivity index (χ2v) is 6.24. The van der Waals surface area contributed by atoms with E-state index in [1.807, 2.05) is 0 Å². The lowest BCUT2D eigenvalue weighted by molar-refractivity contribution is 0.0855. The first-order valence-electron chi connectivity index (χ1n) is 8.02. The minimum absolute atomic E-state index is 0.0132. The lowest BCUT2D eigenvalue weighted by atomic mass is 10.2. The van der Waals surface area contributed by atoms with E-state index in [2.05, 4.69) is 10.3 Å². The van der Waals surface area contributed by atoms with Crippen molar-refractivity contribution in [3.05, 3.63) is 67.4 Å². The third kappa shape index (κ3) is 4.00. The first-order valence-corrected chi connectivity index (χ1v) is 8.40. The van der Waals surface area contributed by atoms with Crippen LogP contribution in [0, 0.1) is 0 Å². The first-order chi connectivity index (χ1) is 12.1. The molecule has 132 valence electrons. The van der Waals surface area contributed by atoms with Gasteiger partial charge in [-0.2, -0.15) is 0 Å². The van der Waals surface area contributed by atoms with Crippen LogP contribution in [0.25, 0.3) is 0 Å². The normalized spacial score (nSPS) is 16.8. The van der Waals surface area contributed by atoms with Crippen LogP contribution in [0.5, 0.6) is 0 Å². The first kappa shape index (κ1) is 17.4. The number of nitrogens with one attached hydrogen (secondary N) is 2. The molecular weight excluding hydrogens is 346 g/mol. The molecule has 1 aliphatic rings. The monoisotopic (exact) mass is 363 g/mol. The van der Waals surface area contributed by atoms with Crippen molar-refractivity contribution in [2.45, 2.75) is 25.5 Å². The number of rotatable bonds is 5. The number of hydrogen-bond donors (Lipinski definition) is 2. The number of carbonyl (C=O) groups excluding carboxylic acids is 1. The Hall–Kier alpha value is -2.38. The van der Waals surface area contributed by atoms with E-state index in [0.29, 0.717) is 23.7 Å². The van der Waals surface area contributed by atoms with Gasteiger partial charge in [-0.3, -0.25) is 14.2 Å². The molecule has 3 rings (SSSR count). The van der Waals surface area contributed by atoms with Gasteiger partial charge >= 0.3 is 5.69 Å². The Morgan fingerprint density at radius 3 is 2.88 bits per heavy atom. The number of hydrogen-bond acceptors (Lipinski definition) is 4. The molecule has 0 saturated carbocycles. The summed E-state index contributed by atoms with van der Waals surface area (Å²) in [4.78, 5) is 39.3. The van der Waals surface area contributed by atoms with Gasteiger partial charge in [0, 0.05) is 24.4 Å². The average Bonchev–Trinajstić information content (AvgIpc) is 3.11. The maximum absolute atomic E-state index is 12.6. The Labute approximate surface area is 148 Å². The molecule has 2 aromatic rings. The minimum atomic E-state index is -0.659. The summed E-state index contributed by atoms with van der Waals surface area (Å²) in [5.74, 6) is -0.537. The van der Waals surface area contributed by atoms with Crippen molar-refractivity contribution < 1.29 is 9.53 Å². The smallest absolute Gasteiger partial charge is 0.328 e. The van der Waals surface area contributed by atoms with Crippen molar-refractivity contribution in [1.29, 1.82) is 0 Å². The SMILES string of the molecule is O=C(NCC1CCCO1)c1c[nH]c(=O)n(Cc2ccccc2Cl)c1=O. The van der Waals surface area contributed by atoms with Crippen molar-refractivity contribution >= 4 is 17.5 Å². The van der Waals surface area contributed by atoms with Gasteiger partial charge in [-0.05, 0) is 24.5 Å². The second-order valence-electron chi connectivity index (χ2n) is 5.84. The third-order valence-electron chi connectivity index (χ3n) is 4.11. The van der Waals surface area contributed by atoms with Gasteiger partial charge in [-0.25, -0.2) is 4.79 Å². The van der Waals surface area contributed by atoms with E-state index in [4.69, 9.17) is 16.3 Å². The molecule has 1 aliphatic heterocycles. The molecule has 25 heavy (non-hydrogen) atoms. The summed E-state index contributed by atoms with van der Waals surface area (Å²) in [7, 11) is 0. The fourth-order valence-electron chi connectivity index (χ4n) is 2.72. The molecule has 1 fully saturated rings. The van der Waals surface area contributed by atoms with Crippen LogP contribution in [0.4, 0.5) is 0 Å². The number of benzene rings is 1. The molecule has 1 unspecified atom stereocenters. The summed E-state index contributed by atoms with van der Waals surface area (Å²) in [5.41, 5.74) is -0.757. The average molecular weight is 364 g/mol. The van der Waals surface area contributed by atoms with E-state index in [1.165, 1.54) is 0 Å². The molecule has 2 N–H and O–H groups in total. The van der Waals surface area contributed by atoms with E-state index >= 15 is 0 Å². The molecule has 1 aromatic carbocycles. The number of aromatic amines is 1. The van der Waals surface area contributed by atoms with E-state index < -0.39 is 17.2 Å². The maximum atomic E-state index is 12.6. The summed E-state index contributed by atoms with van der Waals surface area (Å²) < 4.78 is 6.39. The van der Waals surface area contributed by atoms with Gasteiger partial charge in [-0.1, -0.05) is 29.8 Å². The van der Waals surface area contributed by atoms with E-state index in [-0.39, 0.29) is 18.2 Å². The predicted octanol–water partition coefficient (Wildman–Crippen LogP) is 1.15. The van der Waals surface area contributed by atoms with Crippen molar-refractivity contribution in [1.82, 2.24) is 14.9 Å². The van der Waals surface area contributed by atoms with Gasteiger partial charge in [0.15, 0.2) is 0 Å². The summed E-state index contributed by atoms with van der Waals surface area (Å²) >= 11 is 6.08. The molecule has 1 saturated heterocycles. The fourth-order valence-corrected chi connectivity index (χ4v) is 2.92. The highest BCUT2D eigenvalue weighted by molar-refractivity contribution is 6.31. The highest BCUT2D eigenvalue weighted by Gasteiger charge is 2.19. The predicted molar refractivity (Wildman–Crippen MR) is 93.2 cm³/mol. The number of amides is 1. The van der Waals surface area contributed by atoms with E-state index in [9.17, 15) is 14.4 Å². The number of nitrogens with zero attached hydrogens (tertiary/aromatic N) is 1. The van der Waals surface area contributed by atoms with Gasteiger partial charge in [0.1, 0.15) is 5.56 Å². The zero-order valence-corrected chi connectivity index (χ0v) is 14.2. The molecule has 1 atom stereocenters. The van der Waals surface area contributed by atoms with Crippen LogP contribution in [0.1, 0.15) is 28.8 Å². The molecule has 0 radical (unpaired) electrons. The van der Waals surface area contributed by atoms with Gasteiger partial charge in [0.2, 0.25) is 0 Å². The highest BCUT2D eigenvalue weighted by Crippen LogP contribution is 2.15. The zero-order chi connectivity index (χ0) is 17.8. The standard InChI is InChI=1S/C17H18ClN3O4/c18-14-6-2-1-4-11(14)10-21-16(23)13(9-20-17(21)24)15(22)19-8-12-5-3-7-25-12/h1-2,4,6,9,12H,3,5,7-8,10H2,(H,19,22)(H,20,24). The van der Waals surface area contributed by atoms with Crippen molar-refractivity contribution in [2.75, 3.05) is 13.2 Å². The number of aromatic nitrogens is 2. The molecule has 0 spiro atoms.